The Morgan fingerprint density at radius 3 is 1.16 bits per heavy atom. The van der Waals surface area contributed by atoms with Gasteiger partial charge in [0.2, 0.25) is 0 Å². The molecule has 31 heavy (non-hydrogen) atoms. The van der Waals surface area contributed by atoms with Crippen LogP contribution in [0.25, 0.3) is 0 Å². The monoisotopic (exact) mass is 458 g/mol. The number of benzene rings is 2. The molecule has 0 saturated heterocycles. The van der Waals surface area contributed by atoms with Gasteiger partial charge >= 0.3 is 0 Å². The third-order valence-corrected chi connectivity index (χ3v) is 6.78. The van der Waals surface area contributed by atoms with Gasteiger partial charge < -0.3 is 34.2 Å². The summed E-state index contributed by atoms with van der Waals surface area (Å²) in [6.07, 6.45) is 0. The smallest absolute Gasteiger partial charge is 0.0839 e. The standard InChI is InChI=1S/C15H15NS2.C12H28N/c17-15(18)16(11-13-7-3-1-4-8-13)12-14-9-5-2-6-10-14;1-9(2)13(10(3)4,11(5)6)12(7)8/h1-10H,11-12H2,(H,17,18);9-12H,1-8H3/q;+1/p-1. The van der Waals surface area contributed by atoms with Gasteiger partial charge in [0.05, 0.1) is 24.2 Å². The van der Waals surface area contributed by atoms with E-state index in [-0.39, 0.29) is 0 Å². The molecule has 0 bridgehead atoms. The minimum absolute atomic E-state index is 0.516. The van der Waals surface area contributed by atoms with Gasteiger partial charge in [-0.2, -0.15) is 0 Å². The van der Waals surface area contributed by atoms with Gasteiger partial charge in [0.25, 0.3) is 0 Å². The van der Waals surface area contributed by atoms with Crippen LogP contribution in [0.1, 0.15) is 66.5 Å². The number of hydrogen-bond donors (Lipinski definition) is 0. The van der Waals surface area contributed by atoms with Gasteiger partial charge in [-0.1, -0.05) is 65.0 Å². The highest BCUT2D eigenvalue weighted by Gasteiger charge is 2.40. The van der Waals surface area contributed by atoms with E-state index in [2.05, 4.69) is 79.7 Å². The molecule has 4 heteroatoms. The molecule has 0 N–H and O–H groups in total. The SMILES string of the molecule is CC(C)[N+](C(C)C)(C(C)C)C(C)C.S=C([S-])N(Cc1ccccc1)Cc1ccccc1. The maximum absolute atomic E-state index is 5.16. The van der Waals surface area contributed by atoms with Crippen molar-refractivity contribution in [2.45, 2.75) is 92.6 Å². The van der Waals surface area contributed by atoms with E-state index >= 15 is 0 Å². The van der Waals surface area contributed by atoms with Crippen molar-refractivity contribution >= 4 is 29.2 Å². The molecule has 0 aliphatic carbocycles. The summed E-state index contributed by atoms with van der Waals surface area (Å²) in [5.41, 5.74) is 2.45. The first-order chi connectivity index (χ1) is 14.5. The van der Waals surface area contributed by atoms with Crippen LogP contribution in [-0.4, -0.2) is 37.9 Å². The molecule has 2 nitrogen and oxygen atoms in total. The number of nitrogens with zero attached hydrogens (tertiary/aromatic N) is 2. The van der Waals surface area contributed by atoms with Crippen molar-refractivity contribution in [3.05, 3.63) is 71.8 Å². The fourth-order valence-electron chi connectivity index (χ4n) is 5.37. The van der Waals surface area contributed by atoms with E-state index in [0.717, 1.165) is 13.1 Å². The van der Waals surface area contributed by atoms with Gasteiger partial charge in [-0.25, -0.2) is 0 Å². The molecule has 0 aliphatic heterocycles. The average molecular weight is 459 g/mol. The summed E-state index contributed by atoms with van der Waals surface area (Å²) in [5, 5.41) is 0. The topological polar surface area (TPSA) is 3.24 Å². The van der Waals surface area contributed by atoms with E-state index in [1.165, 1.54) is 15.6 Å². The number of hydrogen-bond acceptors (Lipinski definition) is 2. The molecule has 0 saturated carbocycles. The van der Waals surface area contributed by atoms with Crippen molar-refractivity contribution in [2.24, 2.45) is 0 Å². The van der Waals surface area contributed by atoms with Crippen molar-refractivity contribution in [3.63, 3.8) is 0 Å². The Morgan fingerprint density at radius 2 is 0.968 bits per heavy atom. The highest BCUT2D eigenvalue weighted by atomic mass is 32.1. The maximum Gasteiger partial charge on any atom is 0.0839 e. The lowest BCUT2D eigenvalue weighted by atomic mass is 10.0. The Hall–Kier alpha value is -1.49. The van der Waals surface area contributed by atoms with Crippen LogP contribution in [0.4, 0.5) is 0 Å². The number of thiocarbonyl (C=S) groups is 1. The minimum Gasteiger partial charge on any atom is -0.411 e. The first-order valence-corrected chi connectivity index (χ1v) is 12.3. The Kier molecular flexibility index (Phi) is 11.7. The first-order valence-electron chi connectivity index (χ1n) is 11.4. The molecule has 2 aromatic rings. The largest absolute Gasteiger partial charge is 0.411 e. The molecule has 0 amide bonds. The zero-order valence-electron chi connectivity index (χ0n) is 20.7. The third-order valence-electron chi connectivity index (χ3n) is 6.27. The molecule has 0 unspecified atom stereocenters. The summed E-state index contributed by atoms with van der Waals surface area (Å²) in [6, 6.07) is 23.3. The Labute approximate surface area is 202 Å². The van der Waals surface area contributed by atoms with Crippen molar-refractivity contribution in [2.75, 3.05) is 0 Å². The molecule has 0 spiro atoms. The second-order valence-corrected chi connectivity index (χ2v) is 10.4. The Morgan fingerprint density at radius 1 is 0.677 bits per heavy atom. The van der Waals surface area contributed by atoms with Crippen molar-refractivity contribution < 1.29 is 4.48 Å². The summed E-state index contributed by atoms with van der Waals surface area (Å²) in [7, 11) is 0. The quantitative estimate of drug-likeness (QED) is 0.239. The van der Waals surface area contributed by atoms with Crippen LogP contribution in [0.5, 0.6) is 0 Å². The molecule has 0 aliphatic rings. The van der Waals surface area contributed by atoms with Crippen LogP contribution < -0.4 is 0 Å². The molecule has 0 radical (unpaired) electrons. The first kappa shape index (κ1) is 27.5. The summed E-state index contributed by atoms with van der Waals surface area (Å²) in [4.78, 5) is 2.04. The lowest BCUT2D eigenvalue weighted by Crippen LogP contribution is -2.65. The fourth-order valence-corrected chi connectivity index (χ4v) is 5.63. The van der Waals surface area contributed by atoms with E-state index in [9.17, 15) is 0 Å². The van der Waals surface area contributed by atoms with E-state index in [4.69, 9.17) is 24.8 Å². The molecule has 2 aromatic carbocycles. The van der Waals surface area contributed by atoms with Crippen LogP contribution in [0.3, 0.4) is 0 Å². The third kappa shape index (κ3) is 7.85. The van der Waals surface area contributed by atoms with Gasteiger partial charge in [0.1, 0.15) is 0 Å². The van der Waals surface area contributed by atoms with Gasteiger partial charge in [-0.05, 0) is 66.5 Å². The molecule has 0 atom stereocenters. The lowest BCUT2D eigenvalue weighted by Gasteiger charge is -2.52. The average Bonchev–Trinajstić information content (AvgIpc) is 2.68. The zero-order valence-corrected chi connectivity index (χ0v) is 22.3. The second kappa shape index (κ2) is 13.1. The second-order valence-electron chi connectivity index (χ2n) is 9.36. The van der Waals surface area contributed by atoms with Crippen LogP contribution in [0, 0.1) is 0 Å². The van der Waals surface area contributed by atoms with Crippen molar-refractivity contribution in [1.82, 2.24) is 4.90 Å². The molecule has 0 heterocycles. The predicted molar refractivity (Wildman–Crippen MR) is 143 cm³/mol. The van der Waals surface area contributed by atoms with Crippen molar-refractivity contribution in [3.8, 4) is 0 Å². The summed E-state index contributed by atoms with van der Waals surface area (Å²) in [5.74, 6) is 0. The highest BCUT2D eigenvalue weighted by molar-refractivity contribution is 8.00. The molecule has 0 aromatic heterocycles. The van der Waals surface area contributed by atoms with Crippen molar-refractivity contribution in [1.29, 1.82) is 0 Å². The van der Waals surface area contributed by atoms with E-state index in [0.29, 0.717) is 28.5 Å². The van der Waals surface area contributed by atoms with Gasteiger partial charge in [0.15, 0.2) is 0 Å². The molecule has 2 rings (SSSR count). The van der Waals surface area contributed by atoms with Gasteiger partial charge in [0, 0.05) is 13.1 Å². The van der Waals surface area contributed by atoms with Gasteiger partial charge in [-0.15, -0.1) is 0 Å². The van der Waals surface area contributed by atoms with Crippen LogP contribution >= 0.6 is 12.2 Å². The molecular formula is C27H42N2S2. The fraction of sp³-hybridized carbons (Fsp3) is 0.519. The Balaban J connectivity index is 0.000000330. The summed E-state index contributed by atoms with van der Waals surface area (Å²) < 4.78 is 1.74. The molecule has 0 fully saturated rings. The van der Waals surface area contributed by atoms with E-state index < -0.39 is 0 Å². The summed E-state index contributed by atoms with van der Waals surface area (Å²) >= 11 is 10.3. The zero-order chi connectivity index (χ0) is 23.6. The van der Waals surface area contributed by atoms with Crippen LogP contribution in [0.15, 0.2) is 60.7 Å². The number of quaternary nitrogens is 1. The Bertz CT molecular complexity index is 676. The highest BCUT2D eigenvalue weighted by Crippen LogP contribution is 2.28. The predicted octanol–water partition coefficient (Wildman–Crippen LogP) is 6.96. The van der Waals surface area contributed by atoms with E-state index in [1.807, 2.05) is 41.3 Å². The minimum atomic E-state index is 0.516. The van der Waals surface area contributed by atoms with Gasteiger partial charge in [-0.3, -0.25) is 0 Å². The summed E-state index contributed by atoms with van der Waals surface area (Å²) in [6.45, 7) is 20.3. The normalized spacial score (nSPS) is 11.6. The van der Waals surface area contributed by atoms with Crippen LogP contribution in [0.2, 0.25) is 0 Å². The lowest BCUT2D eigenvalue weighted by molar-refractivity contribution is -1.00. The van der Waals surface area contributed by atoms with E-state index in [1.54, 1.807) is 0 Å². The van der Waals surface area contributed by atoms with Crippen LogP contribution in [-0.2, 0) is 25.7 Å². The maximum atomic E-state index is 5.16. The number of rotatable bonds is 8. The molecule has 172 valence electrons. The molecular weight excluding hydrogens is 416 g/mol.